The zero-order valence-corrected chi connectivity index (χ0v) is 14.7. The molecule has 0 spiro atoms. The number of aromatic nitrogens is 1. The molecule has 0 aliphatic heterocycles. The molecule has 0 aliphatic carbocycles. The van der Waals surface area contributed by atoms with Crippen LogP contribution in [0.5, 0.6) is 0 Å². The lowest BCUT2D eigenvalue weighted by Gasteiger charge is -2.27. The molecule has 7 nitrogen and oxygen atoms in total. The molecule has 1 amide bonds. The van der Waals surface area contributed by atoms with Gasteiger partial charge in [0.05, 0.1) is 0 Å². The summed E-state index contributed by atoms with van der Waals surface area (Å²) < 4.78 is 0. The molecule has 0 saturated heterocycles. The Morgan fingerprint density at radius 2 is 2.23 bits per heavy atom. The monoisotopic (exact) mass is 327 g/mol. The minimum absolute atomic E-state index is 0.135. The van der Waals surface area contributed by atoms with Gasteiger partial charge in [0.25, 0.3) is 5.91 Å². The molecule has 0 unspecified atom stereocenters. The van der Waals surface area contributed by atoms with E-state index < -0.39 is 0 Å². The normalized spacial score (nSPS) is 12.5. The molecule has 0 atom stereocenters. The third kappa shape index (κ3) is 5.98. The van der Waals surface area contributed by atoms with Crippen molar-refractivity contribution >= 4 is 28.1 Å². The third-order valence-electron chi connectivity index (χ3n) is 3.02. The van der Waals surface area contributed by atoms with Crippen LogP contribution in [0.2, 0.25) is 0 Å². The molecule has 0 fully saturated rings. The van der Waals surface area contributed by atoms with Crippen LogP contribution in [0.15, 0.2) is 10.5 Å². The predicted octanol–water partition coefficient (Wildman–Crippen LogP) is 1.31. The SMILES string of the molecule is CON=C(C(=O)NC(C)(C)CCCN(C)C)c1csc(N)n1. The van der Waals surface area contributed by atoms with E-state index in [1.54, 1.807) is 5.38 Å². The minimum Gasteiger partial charge on any atom is -0.398 e. The molecule has 0 aliphatic rings. The molecule has 0 bridgehead atoms. The summed E-state index contributed by atoms with van der Waals surface area (Å²) in [5.41, 5.74) is 5.82. The number of hydrogen-bond donors (Lipinski definition) is 2. The summed E-state index contributed by atoms with van der Waals surface area (Å²) in [5.74, 6) is -0.318. The highest BCUT2D eigenvalue weighted by atomic mass is 32.1. The van der Waals surface area contributed by atoms with Crippen molar-refractivity contribution in [2.24, 2.45) is 5.16 Å². The van der Waals surface area contributed by atoms with E-state index in [9.17, 15) is 4.79 Å². The molecule has 0 saturated carbocycles. The average molecular weight is 327 g/mol. The van der Waals surface area contributed by atoms with E-state index in [0.29, 0.717) is 10.8 Å². The van der Waals surface area contributed by atoms with Gasteiger partial charge in [-0.25, -0.2) is 4.98 Å². The Labute approximate surface area is 135 Å². The number of thiazole rings is 1. The van der Waals surface area contributed by atoms with E-state index in [4.69, 9.17) is 10.6 Å². The van der Waals surface area contributed by atoms with Crippen LogP contribution < -0.4 is 11.1 Å². The van der Waals surface area contributed by atoms with Crippen molar-refractivity contribution in [3.05, 3.63) is 11.1 Å². The maximum Gasteiger partial charge on any atom is 0.276 e. The van der Waals surface area contributed by atoms with E-state index in [-0.39, 0.29) is 17.2 Å². The molecule has 22 heavy (non-hydrogen) atoms. The van der Waals surface area contributed by atoms with Gasteiger partial charge in [-0.05, 0) is 47.3 Å². The Morgan fingerprint density at radius 3 is 2.73 bits per heavy atom. The summed E-state index contributed by atoms with van der Waals surface area (Å²) in [6.07, 6.45) is 1.84. The van der Waals surface area contributed by atoms with Crippen LogP contribution in [-0.2, 0) is 9.63 Å². The van der Waals surface area contributed by atoms with Crippen LogP contribution in [0, 0.1) is 0 Å². The number of nitrogens with zero attached hydrogens (tertiary/aromatic N) is 3. The van der Waals surface area contributed by atoms with Crippen molar-refractivity contribution in [1.82, 2.24) is 15.2 Å². The van der Waals surface area contributed by atoms with Crippen LogP contribution in [0.25, 0.3) is 0 Å². The molecular formula is C14H25N5O2S. The first kappa shape index (κ1) is 18.4. The van der Waals surface area contributed by atoms with Gasteiger partial charge in [-0.15, -0.1) is 11.3 Å². The van der Waals surface area contributed by atoms with Crippen LogP contribution in [0.1, 0.15) is 32.4 Å². The summed E-state index contributed by atoms with van der Waals surface area (Å²) in [6, 6.07) is 0. The van der Waals surface area contributed by atoms with E-state index in [1.807, 2.05) is 27.9 Å². The molecule has 3 N–H and O–H groups in total. The second kappa shape index (κ2) is 8.09. The first-order chi connectivity index (χ1) is 10.2. The fourth-order valence-corrected chi connectivity index (χ4v) is 2.51. The molecule has 8 heteroatoms. The lowest BCUT2D eigenvalue weighted by molar-refractivity contribution is -0.116. The van der Waals surface area contributed by atoms with Crippen molar-refractivity contribution in [3.8, 4) is 0 Å². The smallest absolute Gasteiger partial charge is 0.276 e. The summed E-state index contributed by atoms with van der Waals surface area (Å²) in [6.45, 7) is 4.95. The van der Waals surface area contributed by atoms with Crippen molar-refractivity contribution in [1.29, 1.82) is 0 Å². The van der Waals surface area contributed by atoms with Crippen LogP contribution in [-0.4, -0.2) is 54.8 Å². The van der Waals surface area contributed by atoms with E-state index in [2.05, 4.69) is 20.4 Å². The lowest BCUT2D eigenvalue weighted by Crippen LogP contribution is -2.47. The van der Waals surface area contributed by atoms with Gasteiger partial charge in [-0.3, -0.25) is 4.79 Å². The van der Waals surface area contributed by atoms with Crippen molar-refractivity contribution < 1.29 is 9.63 Å². The Morgan fingerprint density at radius 1 is 1.55 bits per heavy atom. The molecule has 124 valence electrons. The molecule has 1 aromatic rings. The maximum absolute atomic E-state index is 12.4. The van der Waals surface area contributed by atoms with Crippen LogP contribution in [0.4, 0.5) is 5.13 Å². The van der Waals surface area contributed by atoms with Crippen molar-refractivity contribution in [3.63, 3.8) is 0 Å². The highest BCUT2D eigenvalue weighted by Gasteiger charge is 2.25. The number of nitrogen functional groups attached to an aromatic ring is 1. The Balaban J connectivity index is 2.73. The number of amides is 1. The second-order valence-corrected chi connectivity index (χ2v) is 6.83. The standard InChI is InChI=1S/C14H25N5O2S/c1-14(2,7-6-8-19(3)4)17-12(20)11(18-21-5)10-9-22-13(15)16-10/h9H,6-8H2,1-5H3,(H2,15,16)(H,17,20). The number of carbonyl (C=O) groups is 1. The van der Waals surface area contributed by atoms with Crippen LogP contribution >= 0.6 is 11.3 Å². The number of hydrogen-bond acceptors (Lipinski definition) is 7. The zero-order chi connectivity index (χ0) is 16.8. The fraction of sp³-hybridized carbons (Fsp3) is 0.643. The summed E-state index contributed by atoms with van der Waals surface area (Å²) in [5, 5.41) is 8.84. The zero-order valence-electron chi connectivity index (χ0n) is 13.8. The van der Waals surface area contributed by atoms with Gasteiger partial charge in [-0.2, -0.15) is 0 Å². The van der Waals surface area contributed by atoms with Crippen molar-refractivity contribution in [2.45, 2.75) is 32.2 Å². The van der Waals surface area contributed by atoms with Gasteiger partial charge in [0.1, 0.15) is 12.8 Å². The van der Waals surface area contributed by atoms with E-state index in [1.165, 1.54) is 18.4 Å². The average Bonchev–Trinajstić information content (AvgIpc) is 2.80. The molecular weight excluding hydrogens is 302 g/mol. The number of oxime groups is 1. The summed E-state index contributed by atoms with van der Waals surface area (Å²) >= 11 is 1.26. The minimum atomic E-state index is -0.344. The number of nitrogens with one attached hydrogen (secondary N) is 1. The van der Waals surface area contributed by atoms with Gasteiger partial charge in [0, 0.05) is 10.9 Å². The number of carbonyl (C=O) groups excluding carboxylic acids is 1. The summed E-state index contributed by atoms with van der Waals surface area (Å²) in [7, 11) is 5.45. The maximum atomic E-state index is 12.4. The Bertz CT molecular complexity index is 525. The first-order valence-corrected chi connectivity index (χ1v) is 7.93. The largest absolute Gasteiger partial charge is 0.398 e. The van der Waals surface area contributed by atoms with Crippen LogP contribution in [0.3, 0.4) is 0 Å². The number of anilines is 1. The topological polar surface area (TPSA) is 92.8 Å². The molecule has 0 radical (unpaired) electrons. The Hall–Kier alpha value is -1.67. The second-order valence-electron chi connectivity index (χ2n) is 5.94. The number of rotatable bonds is 8. The van der Waals surface area contributed by atoms with Gasteiger partial charge in [0.2, 0.25) is 0 Å². The van der Waals surface area contributed by atoms with Gasteiger partial charge in [0.15, 0.2) is 10.8 Å². The summed E-state index contributed by atoms with van der Waals surface area (Å²) in [4.78, 5) is 23.4. The van der Waals surface area contributed by atoms with E-state index >= 15 is 0 Å². The molecule has 0 aromatic carbocycles. The van der Waals surface area contributed by atoms with Gasteiger partial charge in [-0.1, -0.05) is 5.16 Å². The third-order valence-corrected chi connectivity index (χ3v) is 3.70. The van der Waals surface area contributed by atoms with Gasteiger partial charge >= 0.3 is 0 Å². The first-order valence-electron chi connectivity index (χ1n) is 7.05. The van der Waals surface area contributed by atoms with Crippen molar-refractivity contribution in [2.75, 3.05) is 33.5 Å². The highest BCUT2D eigenvalue weighted by Crippen LogP contribution is 2.15. The highest BCUT2D eigenvalue weighted by molar-refractivity contribution is 7.13. The molecule has 1 rings (SSSR count). The quantitative estimate of drug-likeness (QED) is 0.555. The molecule has 1 heterocycles. The number of nitrogens with two attached hydrogens (primary N) is 1. The molecule has 1 aromatic heterocycles. The fourth-order valence-electron chi connectivity index (χ4n) is 1.96. The van der Waals surface area contributed by atoms with Gasteiger partial charge < -0.3 is 20.8 Å². The Kier molecular flexibility index (Phi) is 6.76. The van der Waals surface area contributed by atoms with E-state index in [0.717, 1.165) is 19.4 Å². The lowest BCUT2D eigenvalue weighted by atomic mass is 9.97. The predicted molar refractivity (Wildman–Crippen MR) is 90.1 cm³/mol.